The highest BCUT2D eigenvalue weighted by molar-refractivity contribution is 9.10. The molecule has 1 saturated carbocycles. The van der Waals surface area contributed by atoms with E-state index in [0.29, 0.717) is 18.7 Å². The largest absolute Gasteiger partial charge is 0.352 e. The lowest BCUT2D eigenvalue weighted by Gasteiger charge is -2.30. The van der Waals surface area contributed by atoms with Gasteiger partial charge in [0.15, 0.2) is 0 Å². The van der Waals surface area contributed by atoms with Crippen molar-refractivity contribution in [2.75, 3.05) is 17.1 Å². The first-order chi connectivity index (χ1) is 17.5. The van der Waals surface area contributed by atoms with E-state index >= 15 is 0 Å². The Hall–Kier alpha value is -2.39. The fourth-order valence-electron chi connectivity index (χ4n) is 4.79. The molecular formula is C28H38BrN3O4S. The molecule has 3 rings (SSSR count). The molecule has 7 nitrogen and oxygen atoms in total. The monoisotopic (exact) mass is 591 g/mol. The Morgan fingerprint density at radius 1 is 1.11 bits per heavy atom. The van der Waals surface area contributed by atoms with Crippen molar-refractivity contribution in [3.63, 3.8) is 0 Å². The molecule has 2 aromatic rings. The van der Waals surface area contributed by atoms with Gasteiger partial charge in [0.05, 0.1) is 11.9 Å². The zero-order valence-electron chi connectivity index (χ0n) is 22.2. The van der Waals surface area contributed by atoms with Crippen molar-refractivity contribution in [3.8, 4) is 0 Å². The van der Waals surface area contributed by atoms with Crippen molar-refractivity contribution in [2.45, 2.75) is 77.9 Å². The van der Waals surface area contributed by atoms with Crippen LogP contribution in [0.4, 0.5) is 5.69 Å². The van der Waals surface area contributed by atoms with Gasteiger partial charge < -0.3 is 10.2 Å². The second-order valence-corrected chi connectivity index (χ2v) is 12.8. The molecular weight excluding hydrogens is 554 g/mol. The van der Waals surface area contributed by atoms with Crippen molar-refractivity contribution >= 4 is 43.5 Å². The van der Waals surface area contributed by atoms with Crippen molar-refractivity contribution in [2.24, 2.45) is 0 Å². The minimum Gasteiger partial charge on any atom is -0.352 e. The van der Waals surface area contributed by atoms with Gasteiger partial charge in [0.25, 0.3) is 0 Å². The molecule has 37 heavy (non-hydrogen) atoms. The first kappa shape index (κ1) is 29.2. The third-order valence-electron chi connectivity index (χ3n) is 7.11. The summed E-state index contributed by atoms with van der Waals surface area (Å²) >= 11 is 3.48. The minimum absolute atomic E-state index is 0.131. The van der Waals surface area contributed by atoms with Gasteiger partial charge >= 0.3 is 0 Å². The van der Waals surface area contributed by atoms with E-state index in [1.54, 1.807) is 17.9 Å². The van der Waals surface area contributed by atoms with E-state index in [1.807, 2.05) is 50.2 Å². The fourth-order valence-corrected chi connectivity index (χ4v) is 6.26. The van der Waals surface area contributed by atoms with Crippen molar-refractivity contribution in [1.82, 2.24) is 10.2 Å². The molecule has 202 valence electrons. The number of nitrogens with zero attached hydrogens (tertiary/aromatic N) is 2. The Bertz CT molecular complexity index is 1210. The van der Waals surface area contributed by atoms with Gasteiger partial charge in [0.2, 0.25) is 21.8 Å². The van der Waals surface area contributed by atoms with Gasteiger partial charge in [-0.2, -0.15) is 0 Å². The maximum absolute atomic E-state index is 13.5. The van der Waals surface area contributed by atoms with Crippen molar-refractivity contribution in [1.29, 1.82) is 0 Å². The second kappa shape index (κ2) is 12.9. The standard InChI is InChI=1S/C28H38BrN3O4S/c1-20-10-7-15-26(21(20)2)32(37(4,35)36)17-9-16-27(33)31(19-23-11-8-12-24(29)18-23)22(3)28(34)30-25-13-5-6-14-25/h7-8,10-12,15,18,22,25H,5-6,9,13-14,16-17,19H2,1-4H3,(H,30,34)/t22-/m0/s1. The Labute approximate surface area is 229 Å². The van der Waals surface area contributed by atoms with Gasteiger partial charge in [-0.1, -0.05) is 53.0 Å². The fraction of sp³-hybridized carbons (Fsp3) is 0.500. The Morgan fingerprint density at radius 3 is 2.43 bits per heavy atom. The highest BCUT2D eigenvalue weighted by Crippen LogP contribution is 2.26. The smallest absolute Gasteiger partial charge is 0.242 e. The molecule has 0 saturated heterocycles. The maximum Gasteiger partial charge on any atom is 0.242 e. The molecule has 9 heteroatoms. The van der Waals surface area contributed by atoms with Gasteiger partial charge in [-0.25, -0.2) is 8.42 Å². The average Bonchev–Trinajstić information content (AvgIpc) is 3.34. The molecule has 0 aromatic heterocycles. The van der Waals surface area contributed by atoms with Crippen LogP contribution in [-0.2, 0) is 26.2 Å². The summed E-state index contributed by atoms with van der Waals surface area (Å²) in [5.74, 6) is -0.327. The van der Waals surface area contributed by atoms with E-state index < -0.39 is 16.1 Å². The molecule has 0 radical (unpaired) electrons. The normalized spacial score (nSPS) is 14.8. The summed E-state index contributed by atoms with van der Waals surface area (Å²) in [4.78, 5) is 28.1. The highest BCUT2D eigenvalue weighted by Gasteiger charge is 2.29. The molecule has 2 amide bonds. The maximum atomic E-state index is 13.5. The van der Waals surface area contributed by atoms with E-state index in [4.69, 9.17) is 0 Å². The molecule has 1 fully saturated rings. The molecule has 0 aliphatic heterocycles. The third-order valence-corrected chi connectivity index (χ3v) is 8.78. The number of carbonyl (C=O) groups excluding carboxylic acids is 2. The number of amides is 2. The molecule has 0 heterocycles. The minimum atomic E-state index is -3.53. The van der Waals surface area contributed by atoms with Gasteiger partial charge in [0.1, 0.15) is 6.04 Å². The SMILES string of the molecule is Cc1cccc(N(CCCC(=O)N(Cc2cccc(Br)c2)[C@@H](C)C(=O)NC2CCCC2)S(C)(=O)=O)c1C. The van der Waals surface area contributed by atoms with Crippen LogP contribution in [0.5, 0.6) is 0 Å². The molecule has 1 aliphatic carbocycles. The van der Waals surface area contributed by atoms with Crippen LogP contribution in [0.3, 0.4) is 0 Å². The van der Waals surface area contributed by atoms with Crippen LogP contribution in [-0.4, -0.2) is 50.0 Å². The van der Waals surface area contributed by atoms with Crippen molar-refractivity contribution < 1.29 is 18.0 Å². The zero-order valence-corrected chi connectivity index (χ0v) is 24.6. The van der Waals surface area contributed by atoms with Crippen LogP contribution in [0.25, 0.3) is 0 Å². The molecule has 1 N–H and O–H groups in total. The van der Waals surface area contributed by atoms with Gasteiger partial charge in [-0.3, -0.25) is 13.9 Å². The van der Waals surface area contributed by atoms with Gasteiger partial charge in [-0.15, -0.1) is 0 Å². The summed E-state index contributed by atoms with van der Waals surface area (Å²) in [6.07, 6.45) is 5.81. The first-order valence-electron chi connectivity index (χ1n) is 12.9. The summed E-state index contributed by atoms with van der Waals surface area (Å²) in [6.45, 7) is 6.09. The zero-order chi connectivity index (χ0) is 27.2. The number of hydrogen-bond acceptors (Lipinski definition) is 4. The predicted octanol–water partition coefficient (Wildman–Crippen LogP) is 5.09. The highest BCUT2D eigenvalue weighted by atomic mass is 79.9. The second-order valence-electron chi connectivity index (χ2n) is 9.98. The predicted molar refractivity (Wildman–Crippen MR) is 152 cm³/mol. The third kappa shape index (κ3) is 8.04. The first-order valence-corrected chi connectivity index (χ1v) is 15.5. The lowest BCUT2D eigenvalue weighted by Crippen LogP contribution is -2.49. The number of halogens is 1. The lowest BCUT2D eigenvalue weighted by molar-refractivity contribution is -0.141. The number of carbonyl (C=O) groups is 2. The van der Waals surface area contributed by atoms with Crippen LogP contribution in [0.2, 0.25) is 0 Å². The van der Waals surface area contributed by atoms with E-state index in [2.05, 4.69) is 21.2 Å². The van der Waals surface area contributed by atoms with E-state index in [-0.39, 0.29) is 30.8 Å². The number of hydrogen-bond donors (Lipinski definition) is 1. The quantitative estimate of drug-likeness (QED) is 0.394. The number of aryl methyl sites for hydroxylation is 1. The van der Waals surface area contributed by atoms with Gasteiger partial charge in [0, 0.05) is 30.0 Å². The number of benzene rings is 2. The molecule has 0 spiro atoms. The number of rotatable bonds is 11. The topological polar surface area (TPSA) is 86.8 Å². The molecule has 1 aliphatic rings. The van der Waals surface area contributed by atoms with E-state index in [0.717, 1.165) is 46.8 Å². The molecule has 1 atom stereocenters. The van der Waals surface area contributed by atoms with E-state index in [1.165, 1.54) is 10.6 Å². The van der Waals surface area contributed by atoms with Crippen LogP contribution >= 0.6 is 15.9 Å². The summed E-state index contributed by atoms with van der Waals surface area (Å²) in [6, 6.07) is 12.8. The Morgan fingerprint density at radius 2 is 1.78 bits per heavy atom. The number of nitrogens with one attached hydrogen (secondary N) is 1. The number of anilines is 1. The van der Waals surface area contributed by atoms with Crippen LogP contribution in [0, 0.1) is 13.8 Å². The van der Waals surface area contributed by atoms with Crippen LogP contribution < -0.4 is 9.62 Å². The average molecular weight is 593 g/mol. The summed E-state index contributed by atoms with van der Waals surface area (Å²) in [7, 11) is -3.53. The van der Waals surface area contributed by atoms with Crippen LogP contribution in [0.15, 0.2) is 46.9 Å². The summed E-state index contributed by atoms with van der Waals surface area (Å²) < 4.78 is 27.5. The molecule has 0 bridgehead atoms. The van der Waals surface area contributed by atoms with Crippen molar-refractivity contribution in [3.05, 3.63) is 63.6 Å². The lowest BCUT2D eigenvalue weighted by atomic mass is 10.1. The van der Waals surface area contributed by atoms with Crippen LogP contribution in [0.1, 0.15) is 62.1 Å². The van der Waals surface area contributed by atoms with E-state index in [9.17, 15) is 18.0 Å². The van der Waals surface area contributed by atoms with Gasteiger partial charge in [-0.05, 0) is 74.9 Å². The molecule has 2 aromatic carbocycles. The Balaban J connectivity index is 1.74. The Kier molecular flexibility index (Phi) is 10.2. The number of sulfonamides is 1. The summed E-state index contributed by atoms with van der Waals surface area (Å²) in [5.41, 5.74) is 3.44. The molecule has 0 unspecified atom stereocenters. The summed E-state index contributed by atoms with van der Waals surface area (Å²) in [5, 5.41) is 3.11.